The summed E-state index contributed by atoms with van der Waals surface area (Å²) in [7, 11) is 0. The van der Waals surface area contributed by atoms with Crippen LogP contribution in [-0.4, -0.2) is 20.9 Å². The second-order valence-electron chi connectivity index (χ2n) is 5.79. The molecule has 5 nitrogen and oxygen atoms in total. The van der Waals surface area contributed by atoms with Crippen molar-refractivity contribution in [1.82, 2.24) is 15.0 Å². The van der Waals surface area contributed by atoms with Crippen molar-refractivity contribution in [2.75, 3.05) is 5.32 Å². The van der Waals surface area contributed by atoms with Crippen molar-refractivity contribution in [3.63, 3.8) is 0 Å². The molecule has 26 heavy (non-hydrogen) atoms. The number of benzene rings is 2. The molecule has 0 spiro atoms. The quantitative estimate of drug-likeness (QED) is 0.545. The third-order valence-electron chi connectivity index (χ3n) is 3.90. The highest BCUT2D eigenvalue weighted by Gasteiger charge is 2.06. The molecule has 0 saturated heterocycles. The zero-order valence-electron chi connectivity index (χ0n) is 13.9. The average Bonchev–Trinajstić information content (AvgIpc) is 3.12. The molecule has 126 valence electrons. The molecule has 4 rings (SSSR count). The van der Waals surface area contributed by atoms with Crippen LogP contribution in [0.15, 0.2) is 79.1 Å². The lowest BCUT2D eigenvalue weighted by atomic mass is 10.2. The van der Waals surface area contributed by atoms with Crippen molar-refractivity contribution in [2.24, 2.45) is 0 Å². The molecule has 0 radical (unpaired) electrons. The molecular formula is C21H16N4O. The highest BCUT2D eigenvalue weighted by molar-refractivity contribution is 6.02. The summed E-state index contributed by atoms with van der Waals surface area (Å²) in [4.78, 5) is 24.0. The summed E-state index contributed by atoms with van der Waals surface area (Å²) >= 11 is 0. The maximum atomic E-state index is 12.1. The molecule has 4 aromatic rings. The Labute approximate surface area is 150 Å². The van der Waals surface area contributed by atoms with Crippen LogP contribution in [0.3, 0.4) is 0 Å². The molecule has 0 aliphatic carbocycles. The van der Waals surface area contributed by atoms with Gasteiger partial charge in [-0.2, -0.15) is 0 Å². The Morgan fingerprint density at radius 2 is 1.96 bits per heavy atom. The van der Waals surface area contributed by atoms with Crippen molar-refractivity contribution in [3.05, 3.63) is 84.7 Å². The number of H-pyrrole nitrogens is 1. The Kier molecular flexibility index (Phi) is 4.26. The first-order valence-corrected chi connectivity index (χ1v) is 8.22. The van der Waals surface area contributed by atoms with Crippen LogP contribution in [0.1, 0.15) is 5.56 Å². The van der Waals surface area contributed by atoms with Gasteiger partial charge in [0.15, 0.2) is 0 Å². The molecule has 5 heteroatoms. The van der Waals surface area contributed by atoms with E-state index < -0.39 is 0 Å². The molecule has 2 aromatic carbocycles. The molecule has 0 saturated carbocycles. The fourth-order valence-corrected chi connectivity index (χ4v) is 2.66. The molecule has 0 aliphatic rings. The molecule has 2 aromatic heterocycles. The first kappa shape index (κ1) is 15.8. The molecular weight excluding hydrogens is 324 g/mol. The van der Waals surface area contributed by atoms with Crippen LogP contribution >= 0.6 is 0 Å². The summed E-state index contributed by atoms with van der Waals surface area (Å²) in [5.41, 5.74) is 4.39. The van der Waals surface area contributed by atoms with Crippen LogP contribution in [0.2, 0.25) is 0 Å². The van der Waals surface area contributed by atoms with Crippen molar-refractivity contribution >= 4 is 28.7 Å². The van der Waals surface area contributed by atoms with Gasteiger partial charge in [0.1, 0.15) is 5.82 Å². The van der Waals surface area contributed by atoms with E-state index in [2.05, 4.69) is 20.3 Å². The van der Waals surface area contributed by atoms with E-state index in [0.29, 0.717) is 5.69 Å². The summed E-state index contributed by atoms with van der Waals surface area (Å²) in [5.74, 6) is 0.573. The maximum absolute atomic E-state index is 12.1. The van der Waals surface area contributed by atoms with Crippen LogP contribution < -0.4 is 5.32 Å². The number of carbonyl (C=O) groups excluding carboxylic acids is 1. The zero-order valence-corrected chi connectivity index (χ0v) is 13.9. The van der Waals surface area contributed by atoms with E-state index in [9.17, 15) is 4.79 Å². The number of nitrogens with one attached hydrogen (secondary N) is 2. The number of para-hydroxylation sites is 2. The van der Waals surface area contributed by atoms with Crippen molar-refractivity contribution in [3.8, 4) is 11.4 Å². The van der Waals surface area contributed by atoms with Gasteiger partial charge in [0, 0.05) is 29.7 Å². The minimum Gasteiger partial charge on any atom is -0.338 e. The van der Waals surface area contributed by atoms with Crippen molar-refractivity contribution < 1.29 is 4.79 Å². The minimum atomic E-state index is -0.199. The number of fused-ring (bicyclic) bond motifs is 1. The number of amides is 1. The molecule has 0 atom stereocenters. The molecule has 0 aliphatic heterocycles. The topological polar surface area (TPSA) is 70.7 Å². The molecule has 1 amide bonds. The number of nitrogens with zero attached hydrogens (tertiary/aromatic N) is 2. The monoisotopic (exact) mass is 340 g/mol. The first-order valence-electron chi connectivity index (χ1n) is 8.22. The average molecular weight is 340 g/mol. The van der Waals surface area contributed by atoms with Gasteiger partial charge < -0.3 is 10.3 Å². The van der Waals surface area contributed by atoms with Crippen LogP contribution in [0.25, 0.3) is 28.5 Å². The standard InChI is InChI=1S/C21H16N4O/c26-20(11-10-15-5-4-12-22-14-15)23-17-7-3-6-16(13-17)21-24-18-8-1-2-9-19(18)25-21/h1-14H,(H,23,26)(H,24,25)/b11-10+. The number of aromatic nitrogens is 3. The van der Waals surface area contributed by atoms with E-state index in [0.717, 1.165) is 28.0 Å². The van der Waals surface area contributed by atoms with Gasteiger partial charge in [0.2, 0.25) is 5.91 Å². The molecule has 0 bridgehead atoms. The van der Waals surface area contributed by atoms with Crippen molar-refractivity contribution in [2.45, 2.75) is 0 Å². The number of hydrogen-bond acceptors (Lipinski definition) is 3. The fourth-order valence-electron chi connectivity index (χ4n) is 2.66. The number of pyridine rings is 1. The van der Waals surface area contributed by atoms with Gasteiger partial charge in [-0.1, -0.05) is 30.3 Å². The highest BCUT2D eigenvalue weighted by Crippen LogP contribution is 2.23. The van der Waals surface area contributed by atoms with E-state index in [4.69, 9.17) is 0 Å². The lowest BCUT2D eigenvalue weighted by Gasteiger charge is -2.04. The number of imidazole rings is 1. The van der Waals surface area contributed by atoms with Gasteiger partial charge in [-0.05, 0) is 42.0 Å². The largest absolute Gasteiger partial charge is 0.338 e. The SMILES string of the molecule is O=C(/C=C/c1cccnc1)Nc1cccc(-c2nc3ccccc3[nH]2)c1. The normalized spacial score (nSPS) is 11.1. The van der Waals surface area contributed by atoms with E-state index in [1.807, 2.05) is 60.7 Å². The van der Waals surface area contributed by atoms with E-state index >= 15 is 0 Å². The number of anilines is 1. The van der Waals surface area contributed by atoms with Crippen LogP contribution in [-0.2, 0) is 4.79 Å². The van der Waals surface area contributed by atoms with Gasteiger partial charge in [-0.15, -0.1) is 0 Å². The molecule has 0 unspecified atom stereocenters. The van der Waals surface area contributed by atoms with E-state index in [1.165, 1.54) is 6.08 Å². The van der Waals surface area contributed by atoms with Gasteiger partial charge in [0.05, 0.1) is 11.0 Å². The summed E-state index contributed by atoms with van der Waals surface area (Å²) in [6.45, 7) is 0. The van der Waals surface area contributed by atoms with Gasteiger partial charge in [-0.25, -0.2) is 4.98 Å². The molecule has 0 fully saturated rings. The van der Waals surface area contributed by atoms with E-state index in [1.54, 1.807) is 18.5 Å². The van der Waals surface area contributed by atoms with E-state index in [-0.39, 0.29) is 5.91 Å². The number of carbonyl (C=O) groups is 1. The fraction of sp³-hybridized carbons (Fsp3) is 0. The summed E-state index contributed by atoms with van der Waals surface area (Å²) in [6.07, 6.45) is 6.61. The predicted octanol–water partition coefficient (Wildman–Crippen LogP) is 4.28. The second-order valence-corrected chi connectivity index (χ2v) is 5.79. The third kappa shape index (κ3) is 3.52. The smallest absolute Gasteiger partial charge is 0.248 e. The predicted molar refractivity (Wildman–Crippen MR) is 103 cm³/mol. The summed E-state index contributed by atoms with van der Waals surface area (Å²) in [5, 5.41) is 2.87. The lowest BCUT2D eigenvalue weighted by Crippen LogP contribution is -2.07. The number of aromatic amines is 1. The van der Waals surface area contributed by atoms with Crippen molar-refractivity contribution in [1.29, 1.82) is 0 Å². The zero-order chi connectivity index (χ0) is 17.8. The highest BCUT2D eigenvalue weighted by atomic mass is 16.1. The van der Waals surface area contributed by atoms with Gasteiger partial charge >= 0.3 is 0 Å². The summed E-state index contributed by atoms with van der Waals surface area (Å²) in [6, 6.07) is 19.2. The number of rotatable bonds is 4. The lowest BCUT2D eigenvalue weighted by molar-refractivity contribution is -0.111. The Morgan fingerprint density at radius 1 is 1.04 bits per heavy atom. The Hall–Kier alpha value is -3.73. The first-order chi connectivity index (χ1) is 12.8. The third-order valence-corrected chi connectivity index (χ3v) is 3.90. The molecule has 2 heterocycles. The Bertz CT molecular complexity index is 1050. The summed E-state index contributed by atoms with van der Waals surface area (Å²) < 4.78 is 0. The Balaban J connectivity index is 1.52. The number of hydrogen-bond donors (Lipinski definition) is 2. The molecule has 2 N–H and O–H groups in total. The van der Waals surface area contributed by atoms with Crippen LogP contribution in [0.5, 0.6) is 0 Å². The van der Waals surface area contributed by atoms with Crippen LogP contribution in [0, 0.1) is 0 Å². The minimum absolute atomic E-state index is 0.199. The second kappa shape index (κ2) is 7.03. The van der Waals surface area contributed by atoms with Gasteiger partial charge in [0.25, 0.3) is 0 Å². The maximum Gasteiger partial charge on any atom is 0.248 e. The van der Waals surface area contributed by atoms with Gasteiger partial charge in [-0.3, -0.25) is 9.78 Å². The van der Waals surface area contributed by atoms with Crippen LogP contribution in [0.4, 0.5) is 5.69 Å². The Morgan fingerprint density at radius 3 is 2.81 bits per heavy atom.